The number of aryl methyl sites for hydroxylation is 1. The van der Waals surface area contributed by atoms with Crippen molar-refractivity contribution in [2.24, 2.45) is 13.0 Å². The molecule has 1 unspecified atom stereocenters. The van der Waals surface area contributed by atoms with Crippen LogP contribution in [0.2, 0.25) is 0 Å². The maximum atomic E-state index is 13.5. The Morgan fingerprint density at radius 2 is 1.82 bits per heavy atom. The summed E-state index contributed by atoms with van der Waals surface area (Å²) in [5.41, 5.74) is 3.09. The first-order valence-corrected chi connectivity index (χ1v) is 14.1. The maximum Gasteiger partial charge on any atom is 0.272 e. The van der Waals surface area contributed by atoms with Gasteiger partial charge in [0.2, 0.25) is 11.8 Å². The Bertz CT molecular complexity index is 1850. The van der Waals surface area contributed by atoms with Gasteiger partial charge in [-0.25, -0.2) is 13.8 Å². The normalized spacial score (nSPS) is 18.7. The SMILES string of the molecule is Cn1nnc(C(c2ccccc2)N2CCN(C(=O)c3cc(-c4nc5cc(NC(=O)[C@@H]6CC6(F)F)ccc5o4)ccn3)CC2)n1. The number of hydrogen-bond donors (Lipinski definition) is 1. The number of carbonyl (C=O) groups is 2. The minimum Gasteiger partial charge on any atom is -0.436 e. The number of tetrazole rings is 1. The quantitative estimate of drug-likeness (QED) is 0.298. The number of fused-ring (bicyclic) bond motifs is 1. The third kappa shape index (κ3) is 5.39. The summed E-state index contributed by atoms with van der Waals surface area (Å²) < 4.78 is 32.4. The molecule has 1 saturated heterocycles. The molecule has 0 bridgehead atoms. The number of aromatic nitrogens is 6. The fraction of sp³-hybridized carbons (Fsp3) is 0.300. The first kappa shape index (κ1) is 27.7. The Hall–Kier alpha value is -5.11. The van der Waals surface area contributed by atoms with Gasteiger partial charge in [0.25, 0.3) is 11.8 Å². The van der Waals surface area contributed by atoms with Crippen LogP contribution < -0.4 is 5.32 Å². The van der Waals surface area contributed by atoms with Gasteiger partial charge < -0.3 is 14.6 Å². The summed E-state index contributed by atoms with van der Waals surface area (Å²) in [7, 11) is 1.73. The van der Waals surface area contributed by atoms with E-state index in [9.17, 15) is 18.4 Å². The van der Waals surface area contributed by atoms with Gasteiger partial charge in [-0.1, -0.05) is 30.3 Å². The van der Waals surface area contributed by atoms with E-state index >= 15 is 0 Å². The van der Waals surface area contributed by atoms with Crippen LogP contribution in [0, 0.1) is 5.92 Å². The van der Waals surface area contributed by atoms with E-state index in [0.29, 0.717) is 54.4 Å². The number of hydrogen-bond acceptors (Lipinski definition) is 9. The Balaban J connectivity index is 1.04. The molecular weight excluding hydrogens is 572 g/mol. The number of alkyl halides is 2. The Morgan fingerprint density at radius 1 is 1.05 bits per heavy atom. The fourth-order valence-electron chi connectivity index (χ4n) is 5.45. The van der Waals surface area contributed by atoms with Crippen LogP contribution in [0.3, 0.4) is 0 Å². The molecule has 1 saturated carbocycles. The van der Waals surface area contributed by atoms with Crippen molar-refractivity contribution in [1.29, 1.82) is 0 Å². The summed E-state index contributed by atoms with van der Waals surface area (Å²) in [6.07, 6.45) is 1.09. The van der Waals surface area contributed by atoms with E-state index in [0.717, 1.165) is 5.56 Å². The molecule has 5 aromatic rings. The highest BCUT2D eigenvalue weighted by molar-refractivity contribution is 5.97. The molecule has 224 valence electrons. The predicted molar refractivity (Wildman–Crippen MR) is 153 cm³/mol. The molecule has 1 aliphatic heterocycles. The van der Waals surface area contributed by atoms with Crippen LogP contribution >= 0.6 is 0 Å². The van der Waals surface area contributed by atoms with Gasteiger partial charge in [0, 0.05) is 50.0 Å². The van der Waals surface area contributed by atoms with Gasteiger partial charge in [-0.05, 0) is 41.1 Å². The van der Waals surface area contributed by atoms with E-state index in [1.54, 1.807) is 42.3 Å². The molecule has 7 rings (SSSR count). The maximum absolute atomic E-state index is 13.5. The minimum atomic E-state index is -2.95. The Labute approximate surface area is 249 Å². The van der Waals surface area contributed by atoms with Crippen LogP contribution in [0.4, 0.5) is 14.5 Å². The molecule has 4 heterocycles. The Kier molecular flexibility index (Phi) is 6.84. The van der Waals surface area contributed by atoms with E-state index in [2.05, 4.69) is 35.6 Å². The number of rotatable bonds is 7. The monoisotopic (exact) mass is 599 g/mol. The molecular formula is C30H27F2N9O3. The summed E-state index contributed by atoms with van der Waals surface area (Å²) in [5, 5.41) is 15.3. The number of nitrogens with one attached hydrogen (secondary N) is 1. The molecule has 44 heavy (non-hydrogen) atoms. The van der Waals surface area contributed by atoms with E-state index in [1.807, 2.05) is 30.3 Å². The van der Waals surface area contributed by atoms with Crippen molar-refractivity contribution >= 4 is 28.6 Å². The van der Waals surface area contributed by atoms with Gasteiger partial charge in [-0.15, -0.1) is 10.2 Å². The predicted octanol–water partition coefficient (Wildman–Crippen LogP) is 3.55. The summed E-state index contributed by atoms with van der Waals surface area (Å²) in [6.45, 7) is 2.17. The number of nitrogens with zero attached hydrogens (tertiary/aromatic N) is 8. The van der Waals surface area contributed by atoms with E-state index in [-0.39, 0.29) is 23.5 Å². The zero-order valence-corrected chi connectivity index (χ0v) is 23.6. The lowest BCUT2D eigenvalue weighted by atomic mass is 10.0. The second-order valence-electron chi connectivity index (χ2n) is 10.9. The molecule has 0 radical (unpaired) electrons. The van der Waals surface area contributed by atoms with Crippen LogP contribution in [-0.4, -0.2) is 83.9 Å². The largest absolute Gasteiger partial charge is 0.436 e. The number of benzene rings is 2. The number of amides is 2. The molecule has 1 N–H and O–H groups in total. The lowest BCUT2D eigenvalue weighted by Gasteiger charge is -2.38. The third-order valence-corrected chi connectivity index (χ3v) is 7.87. The fourth-order valence-corrected chi connectivity index (χ4v) is 5.45. The standard InChI is InChI=1S/C30H27F2N9O3/c1-39-37-26(36-38-39)25(18-5-3-2-4-6-18)40-11-13-41(14-12-40)29(43)23-15-19(9-10-33-23)28-35-22-16-20(7-8-24(22)44-28)34-27(42)21-17-30(21,31)32/h2-10,15-16,21,25H,11-14,17H2,1H3,(H,34,42)/t21-,25?/m0/s1. The van der Waals surface area contributed by atoms with Crippen LogP contribution in [0.1, 0.15) is 34.3 Å². The Morgan fingerprint density at radius 3 is 2.52 bits per heavy atom. The van der Waals surface area contributed by atoms with Crippen molar-refractivity contribution in [2.45, 2.75) is 18.4 Å². The summed E-state index contributed by atoms with van der Waals surface area (Å²) in [4.78, 5) is 39.8. The van der Waals surface area contributed by atoms with Crippen molar-refractivity contribution in [1.82, 2.24) is 40.0 Å². The van der Waals surface area contributed by atoms with Gasteiger partial charge in [0.05, 0.1) is 13.1 Å². The lowest BCUT2D eigenvalue weighted by molar-refractivity contribution is -0.119. The second-order valence-corrected chi connectivity index (χ2v) is 10.9. The van der Waals surface area contributed by atoms with Gasteiger partial charge in [-0.2, -0.15) is 4.80 Å². The van der Waals surface area contributed by atoms with Crippen LogP contribution in [0.15, 0.2) is 71.3 Å². The first-order valence-electron chi connectivity index (χ1n) is 14.1. The smallest absolute Gasteiger partial charge is 0.272 e. The van der Waals surface area contributed by atoms with Gasteiger partial charge in [0.15, 0.2) is 11.4 Å². The number of carbonyl (C=O) groups excluding carboxylic acids is 2. The molecule has 3 aromatic heterocycles. The van der Waals surface area contributed by atoms with Gasteiger partial charge in [-0.3, -0.25) is 19.5 Å². The van der Waals surface area contributed by atoms with Crippen LogP contribution in [0.5, 0.6) is 0 Å². The minimum absolute atomic E-state index is 0.189. The molecule has 2 atom stereocenters. The highest BCUT2D eigenvalue weighted by atomic mass is 19.3. The molecule has 1 aliphatic carbocycles. The van der Waals surface area contributed by atoms with E-state index in [4.69, 9.17) is 4.42 Å². The molecule has 2 aromatic carbocycles. The van der Waals surface area contributed by atoms with E-state index in [1.165, 1.54) is 11.0 Å². The van der Waals surface area contributed by atoms with Crippen LogP contribution in [0.25, 0.3) is 22.6 Å². The highest BCUT2D eigenvalue weighted by Gasteiger charge is 2.61. The second kappa shape index (κ2) is 10.9. The molecule has 2 fully saturated rings. The molecule has 2 aliphatic rings. The topological polar surface area (TPSA) is 135 Å². The number of piperazine rings is 1. The summed E-state index contributed by atoms with van der Waals surface area (Å²) in [5.74, 6) is -4.32. The number of halogens is 2. The zero-order valence-electron chi connectivity index (χ0n) is 23.6. The average molecular weight is 600 g/mol. The van der Waals surface area contributed by atoms with Crippen molar-refractivity contribution in [3.63, 3.8) is 0 Å². The molecule has 2 amide bonds. The number of pyridine rings is 1. The lowest BCUT2D eigenvalue weighted by Crippen LogP contribution is -2.50. The first-order chi connectivity index (χ1) is 21.2. The average Bonchev–Trinajstić information content (AvgIpc) is 3.32. The van der Waals surface area contributed by atoms with E-state index < -0.39 is 24.2 Å². The van der Waals surface area contributed by atoms with Crippen molar-refractivity contribution < 1.29 is 22.8 Å². The van der Waals surface area contributed by atoms with Crippen molar-refractivity contribution in [2.75, 3.05) is 31.5 Å². The van der Waals surface area contributed by atoms with Crippen molar-refractivity contribution in [3.8, 4) is 11.5 Å². The highest BCUT2D eigenvalue weighted by Crippen LogP contribution is 2.49. The van der Waals surface area contributed by atoms with Gasteiger partial charge >= 0.3 is 0 Å². The molecule has 0 spiro atoms. The van der Waals surface area contributed by atoms with Gasteiger partial charge in [0.1, 0.15) is 17.1 Å². The zero-order chi connectivity index (χ0) is 30.4. The third-order valence-electron chi connectivity index (χ3n) is 7.87. The summed E-state index contributed by atoms with van der Waals surface area (Å²) >= 11 is 0. The van der Waals surface area contributed by atoms with Crippen LogP contribution in [-0.2, 0) is 11.8 Å². The van der Waals surface area contributed by atoms with Crippen molar-refractivity contribution in [3.05, 3.63) is 83.9 Å². The number of anilines is 1. The molecule has 14 heteroatoms. The number of oxazole rings is 1. The summed E-state index contributed by atoms with van der Waals surface area (Å²) in [6, 6.07) is 17.9. The molecule has 12 nitrogen and oxygen atoms in total.